The van der Waals surface area contributed by atoms with Gasteiger partial charge in [-0.25, -0.2) is 14.4 Å². The van der Waals surface area contributed by atoms with Crippen molar-refractivity contribution in [2.24, 2.45) is 5.92 Å². The number of aryl methyl sites for hydroxylation is 1. The molecule has 0 unspecified atom stereocenters. The monoisotopic (exact) mass is 342 g/mol. The molecule has 1 aliphatic heterocycles. The van der Waals surface area contributed by atoms with Crippen molar-refractivity contribution in [2.75, 3.05) is 13.1 Å². The third-order valence-electron chi connectivity index (χ3n) is 5.00. The van der Waals surface area contributed by atoms with E-state index in [1.807, 2.05) is 10.7 Å². The van der Waals surface area contributed by atoms with Gasteiger partial charge in [-0.15, -0.1) is 0 Å². The van der Waals surface area contributed by atoms with Crippen LogP contribution in [0.15, 0.2) is 30.9 Å². The Morgan fingerprint density at radius 3 is 3.04 bits per heavy atom. The molecule has 0 amide bonds. The maximum absolute atomic E-state index is 14.1. The number of imidazole rings is 1. The van der Waals surface area contributed by atoms with Crippen LogP contribution >= 0.6 is 0 Å². The van der Waals surface area contributed by atoms with Crippen molar-refractivity contribution in [2.45, 2.75) is 39.4 Å². The van der Waals surface area contributed by atoms with E-state index in [1.54, 1.807) is 18.7 Å². The van der Waals surface area contributed by atoms with Crippen LogP contribution in [0.2, 0.25) is 0 Å². The summed E-state index contributed by atoms with van der Waals surface area (Å²) in [7, 11) is 0. The lowest BCUT2D eigenvalue weighted by Gasteiger charge is -2.32. The number of likely N-dealkylation sites (tertiary alicyclic amines) is 1. The number of benzene rings is 1. The van der Waals surface area contributed by atoms with Gasteiger partial charge in [0.25, 0.3) is 0 Å². The van der Waals surface area contributed by atoms with Gasteiger partial charge in [-0.3, -0.25) is 9.58 Å². The lowest BCUT2D eigenvalue weighted by Crippen LogP contribution is -2.37. The maximum atomic E-state index is 14.1. The Hall–Kier alpha value is -2.28. The van der Waals surface area contributed by atoms with Crippen molar-refractivity contribution < 1.29 is 4.39 Å². The topological polar surface area (TPSA) is 51.8 Å². The molecular weight excluding hydrogens is 319 g/mol. The van der Waals surface area contributed by atoms with Gasteiger partial charge < -0.3 is 4.57 Å². The van der Waals surface area contributed by atoms with Gasteiger partial charge in [0.1, 0.15) is 24.0 Å². The van der Waals surface area contributed by atoms with Gasteiger partial charge in [-0.05, 0) is 44.4 Å². The molecule has 7 heteroatoms. The zero-order valence-electron chi connectivity index (χ0n) is 14.5. The Balaban J connectivity index is 1.51. The number of nitrogens with zero attached hydrogens (tertiary/aromatic N) is 6. The second-order valence-corrected chi connectivity index (χ2v) is 6.74. The van der Waals surface area contributed by atoms with E-state index in [0.717, 1.165) is 44.1 Å². The van der Waals surface area contributed by atoms with Crippen molar-refractivity contribution in [1.29, 1.82) is 0 Å². The predicted molar refractivity (Wildman–Crippen MR) is 93.4 cm³/mol. The van der Waals surface area contributed by atoms with E-state index in [0.29, 0.717) is 11.4 Å². The second kappa shape index (κ2) is 6.92. The van der Waals surface area contributed by atoms with Crippen molar-refractivity contribution in [1.82, 2.24) is 29.2 Å². The Morgan fingerprint density at radius 2 is 2.24 bits per heavy atom. The van der Waals surface area contributed by atoms with E-state index in [4.69, 9.17) is 0 Å². The molecule has 0 bridgehead atoms. The summed E-state index contributed by atoms with van der Waals surface area (Å²) >= 11 is 0. The molecule has 0 radical (unpaired) electrons. The number of para-hydroxylation sites is 1. The SMILES string of the molecule is CCn1c(CN2CCC[C@@H](Cn3cncn3)C2)nc2c(F)cccc21. The Morgan fingerprint density at radius 1 is 1.32 bits per heavy atom. The van der Waals surface area contributed by atoms with Gasteiger partial charge in [-0.2, -0.15) is 5.10 Å². The zero-order chi connectivity index (χ0) is 17.2. The molecule has 3 heterocycles. The normalized spacial score (nSPS) is 18.9. The van der Waals surface area contributed by atoms with E-state index in [-0.39, 0.29) is 5.82 Å². The number of rotatable bonds is 5. The van der Waals surface area contributed by atoms with E-state index in [2.05, 4.69) is 31.5 Å². The first-order chi connectivity index (χ1) is 12.2. The zero-order valence-corrected chi connectivity index (χ0v) is 14.5. The summed E-state index contributed by atoms with van der Waals surface area (Å²) in [5, 5.41) is 4.21. The number of piperidine rings is 1. The number of aromatic nitrogens is 5. The third-order valence-corrected chi connectivity index (χ3v) is 5.00. The summed E-state index contributed by atoms with van der Waals surface area (Å²) in [6.45, 7) is 6.61. The first-order valence-electron chi connectivity index (χ1n) is 8.93. The van der Waals surface area contributed by atoms with E-state index >= 15 is 0 Å². The summed E-state index contributed by atoms with van der Waals surface area (Å²) in [5.74, 6) is 1.27. The van der Waals surface area contributed by atoms with Gasteiger partial charge in [-0.1, -0.05) is 6.07 Å². The molecule has 0 N–H and O–H groups in total. The minimum atomic E-state index is -0.242. The highest BCUT2D eigenvalue weighted by atomic mass is 19.1. The Kier molecular flexibility index (Phi) is 4.48. The van der Waals surface area contributed by atoms with Gasteiger partial charge in [0.05, 0.1) is 12.1 Å². The minimum Gasteiger partial charge on any atom is -0.327 e. The smallest absolute Gasteiger partial charge is 0.151 e. The molecule has 2 aromatic heterocycles. The first kappa shape index (κ1) is 16.2. The molecule has 1 atom stereocenters. The number of fused-ring (bicyclic) bond motifs is 1. The summed E-state index contributed by atoms with van der Waals surface area (Å²) in [4.78, 5) is 11.0. The van der Waals surface area contributed by atoms with Crippen LogP contribution in [0, 0.1) is 11.7 Å². The minimum absolute atomic E-state index is 0.242. The lowest BCUT2D eigenvalue weighted by atomic mass is 9.98. The van der Waals surface area contributed by atoms with Crippen LogP contribution < -0.4 is 0 Å². The molecule has 0 spiro atoms. The molecule has 1 aliphatic rings. The average molecular weight is 342 g/mol. The third kappa shape index (κ3) is 3.28. The van der Waals surface area contributed by atoms with E-state index in [9.17, 15) is 4.39 Å². The van der Waals surface area contributed by atoms with E-state index < -0.39 is 0 Å². The molecule has 4 rings (SSSR count). The van der Waals surface area contributed by atoms with Gasteiger partial charge >= 0.3 is 0 Å². The molecule has 3 aromatic rings. The van der Waals surface area contributed by atoms with Gasteiger partial charge in [0, 0.05) is 19.6 Å². The van der Waals surface area contributed by atoms with Crippen LogP contribution in [0.5, 0.6) is 0 Å². The fourth-order valence-corrected chi connectivity index (χ4v) is 3.87. The highest BCUT2D eigenvalue weighted by molar-refractivity contribution is 5.76. The highest BCUT2D eigenvalue weighted by Crippen LogP contribution is 2.23. The molecule has 132 valence electrons. The average Bonchev–Trinajstić information content (AvgIpc) is 3.23. The van der Waals surface area contributed by atoms with E-state index in [1.165, 1.54) is 18.9 Å². The van der Waals surface area contributed by atoms with Crippen molar-refractivity contribution >= 4 is 11.0 Å². The van der Waals surface area contributed by atoms with Crippen LogP contribution in [0.4, 0.5) is 4.39 Å². The molecule has 25 heavy (non-hydrogen) atoms. The second-order valence-electron chi connectivity index (χ2n) is 6.74. The first-order valence-corrected chi connectivity index (χ1v) is 8.93. The Labute approximate surface area is 146 Å². The standard InChI is InChI=1S/C18H23FN6/c1-2-25-16-7-3-6-15(19)18(16)22-17(25)11-23-8-4-5-14(9-23)10-24-13-20-12-21-24/h3,6-7,12-14H,2,4-5,8-11H2,1H3/t14-/m1/s1. The molecule has 6 nitrogen and oxygen atoms in total. The summed E-state index contributed by atoms with van der Waals surface area (Å²) in [5.41, 5.74) is 1.36. The summed E-state index contributed by atoms with van der Waals surface area (Å²) in [6.07, 6.45) is 5.73. The van der Waals surface area contributed by atoms with Crippen LogP contribution in [0.25, 0.3) is 11.0 Å². The molecule has 0 saturated carbocycles. The molecule has 1 aromatic carbocycles. The van der Waals surface area contributed by atoms with Crippen LogP contribution in [0.1, 0.15) is 25.6 Å². The highest BCUT2D eigenvalue weighted by Gasteiger charge is 2.23. The van der Waals surface area contributed by atoms with Crippen LogP contribution in [-0.2, 0) is 19.6 Å². The number of halogens is 1. The number of hydrogen-bond acceptors (Lipinski definition) is 4. The number of hydrogen-bond donors (Lipinski definition) is 0. The van der Waals surface area contributed by atoms with Crippen LogP contribution in [0.3, 0.4) is 0 Å². The fraction of sp³-hybridized carbons (Fsp3) is 0.500. The lowest BCUT2D eigenvalue weighted by molar-refractivity contribution is 0.149. The van der Waals surface area contributed by atoms with Crippen molar-refractivity contribution in [3.63, 3.8) is 0 Å². The molecule has 1 saturated heterocycles. The van der Waals surface area contributed by atoms with Crippen molar-refractivity contribution in [3.8, 4) is 0 Å². The molecule has 1 fully saturated rings. The summed E-state index contributed by atoms with van der Waals surface area (Å²) in [6, 6.07) is 5.18. The quantitative estimate of drug-likeness (QED) is 0.715. The largest absolute Gasteiger partial charge is 0.327 e. The maximum Gasteiger partial charge on any atom is 0.151 e. The fourth-order valence-electron chi connectivity index (χ4n) is 3.87. The Bertz CT molecular complexity index is 841. The molecule has 0 aliphatic carbocycles. The van der Waals surface area contributed by atoms with Gasteiger partial charge in [0.2, 0.25) is 0 Å². The molecular formula is C18H23FN6. The predicted octanol–water partition coefficient (Wildman–Crippen LogP) is 2.70. The van der Waals surface area contributed by atoms with Gasteiger partial charge in [0.15, 0.2) is 5.82 Å². The van der Waals surface area contributed by atoms with Crippen molar-refractivity contribution in [3.05, 3.63) is 42.5 Å². The van der Waals surface area contributed by atoms with Crippen LogP contribution in [-0.4, -0.2) is 42.3 Å². The summed E-state index contributed by atoms with van der Waals surface area (Å²) < 4.78 is 18.1.